The van der Waals surface area contributed by atoms with Gasteiger partial charge < -0.3 is 9.84 Å². The van der Waals surface area contributed by atoms with Crippen LogP contribution in [0.2, 0.25) is 0 Å². The summed E-state index contributed by atoms with van der Waals surface area (Å²) in [6.45, 7) is 1.78. The van der Waals surface area contributed by atoms with Crippen molar-refractivity contribution < 1.29 is 14.6 Å². The van der Waals surface area contributed by atoms with E-state index in [0.29, 0.717) is 17.8 Å². The van der Waals surface area contributed by atoms with Crippen molar-refractivity contribution in [1.82, 2.24) is 0 Å². The molecule has 3 nitrogen and oxygen atoms in total. The summed E-state index contributed by atoms with van der Waals surface area (Å²) < 4.78 is 5.52. The zero-order chi connectivity index (χ0) is 16.5. The maximum absolute atomic E-state index is 11.4. The van der Waals surface area contributed by atoms with Crippen LogP contribution in [0.25, 0.3) is 0 Å². The van der Waals surface area contributed by atoms with Gasteiger partial charge in [0.25, 0.3) is 0 Å². The van der Waals surface area contributed by atoms with Gasteiger partial charge in [0.2, 0.25) is 0 Å². The summed E-state index contributed by atoms with van der Waals surface area (Å²) in [5, 5.41) is 9.47. The van der Waals surface area contributed by atoms with Crippen LogP contribution in [0.4, 0.5) is 0 Å². The molecule has 3 heteroatoms. The summed E-state index contributed by atoms with van der Waals surface area (Å²) in [6.07, 6.45) is 19.2. The van der Waals surface area contributed by atoms with Gasteiger partial charge in [-0.05, 0) is 49.5 Å². The van der Waals surface area contributed by atoms with Crippen molar-refractivity contribution in [3.05, 3.63) is 24.3 Å². The van der Waals surface area contributed by atoms with Crippen molar-refractivity contribution in [2.24, 2.45) is 17.8 Å². The SMILES string of the molecule is CC(=O)O[C@@H](/C=C/C=C/[C@@H]1CCCC[C@@H]1CO)C1CCCCC1. The highest BCUT2D eigenvalue weighted by molar-refractivity contribution is 5.66. The van der Waals surface area contributed by atoms with Crippen LogP contribution in [-0.4, -0.2) is 23.8 Å². The lowest BCUT2D eigenvalue weighted by atomic mass is 9.79. The van der Waals surface area contributed by atoms with E-state index in [1.54, 1.807) is 0 Å². The molecule has 2 aliphatic rings. The number of hydrogen-bond acceptors (Lipinski definition) is 3. The minimum Gasteiger partial charge on any atom is -0.458 e. The van der Waals surface area contributed by atoms with Crippen LogP contribution >= 0.6 is 0 Å². The molecule has 0 radical (unpaired) electrons. The Kier molecular flexibility index (Phi) is 7.87. The second-order valence-electron chi connectivity index (χ2n) is 7.13. The van der Waals surface area contributed by atoms with Crippen LogP contribution in [0.5, 0.6) is 0 Å². The first-order valence-corrected chi connectivity index (χ1v) is 9.33. The zero-order valence-corrected chi connectivity index (χ0v) is 14.5. The van der Waals surface area contributed by atoms with Gasteiger partial charge in [0.05, 0.1) is 0 Å². The van der Waals surface area contributed by atoms with Crippen molar-refractivity contribution in [2.75, 3.05) is 6.61 Å². The van der Waals surface area contributed by atoms with Gasteiger partial charge in [-0.3, -0.25) is 4.79 Å². The van der Waals surface area contributed by atoms with E-state index < -0.39 is 0 Å². The topological polar surface area (TPSA) is 46.5 Å². The molecular formula is C20H32O3. The number of rotatable bonds is 6. The summed E-state index contributed by atoms with van der Waals surface area (Å²) >= 11 is 0. The molecule has 0 aromatic carbocycles. The lowest BCUT2D eigenvalue weighted by Crippen LogP contribution is -2.26. The van der Waals surface area contributed by atoms with E-state index in [-0.39, 0.29) is 18.7 Å². The van der Waals surface area contributed by atoms with Crippen LogP contribution in [-0.2, 0) is 9.53 Å². The third kappa shape index (κ3) is 6.14. The van der Waals surface area contributed by atoms with Crippen molar-refractivity contribution >= 4 is 5.97 Å². The summed E-state index contributed by atoms with van der Waals surface area (Å²) in [5.74, 6) is 1.18. The first-order valence-electron chi connectivity index (χ1n) is 9.33. The molecule has 0 bridgehead atoms. The molecule has 0 unspecified atom stereocenters. The Morgan fingerprint density at radius 3 is 2.48 bits per heavy atom. The Labute approximate surface area is 140 Å². The lowest BCUT2D eigenvalue weighted by Gasteiger charge is -2.28. The minimum atomic E-state index is -0.193. The monoisotopic (exact) mass is 320 g/mol. The molecule has 1 N–H and O–H groups in total. The molecule has 2 aliphatic carbocycles. The van der Waals surface area contributed by atoms with Crippen LogP contribution in [0.15, 0.2) is 24.3 Å². The maximum Gasteiger partial charge on any atom is 0.303 e. The minimum absolute atomic E-state index is 0.0857. The molecule has 2 rings (SSSR count). The fourth-order valence-corrected chi connectivity index (χ4v) is 4.04. The Morgan fingerprint density at radius 1 is 1.09 bits per heavy atom. The molecule has 0 saturated heterocycles. The standard InChI is InChI=1S/C20H32O3/c1-16(22)23-20(18-11-3-2-4-12-18)14-8-7-10-17-9-5-6-13-19(17)15-21/h7-8,10,14,17-21H,2-6,9,11-13,15H2,1H3/b10-7+,14-8+/t17-,19+,20-/m0/s1. The smallest absolute Gasteiger partial charge is 0.303 e. The maximum atomic E-state index is 11.4. The van der Waals surface area contributed by atoms with Gasteiger partial charge in [0.15, 0.2) is 0 Å². The number of aliphatic hydroxyl groups is 1. The normalized spacial score (nSPS) is 28.3. The number of aliphatic hydroxyl groups excluding tert-OH is 1. The van der Waals surface area contributed by atoms with Gasteiger partial charge in [-0.1, -0.05) is 50.3 Å². The summed E-state index contributed by atoms with van der Waals surface area (Å²) in [6, 6.07) is 0. The van der Waals surface area contributed by atoms with E-state index in [2.05, 4.69) is 12.2 Å². The van der Waals surface area contributed by atoms with Crippen molar-refractivity contribution in [1.29, 1.82) is 0 Å². The van der Waals surface area contributed by atoms with Crippen molar-refractivity contribution in [2.45, 2.75) is 70.8 Å². The third-order valence-corrected chi connectivity index (χ3v) is 5.39. The second-order valence-corrected chi connectivity index (χ2v) is 7.13. The molecule has 130 valence electrons. The number of carbonyl (C=O) groups excluding carboxylic acids is 1. The number of ether oxygens (including phenoxy) is 1. The molecule has 3 atom stereocenters. The second kappa shape index (κ2) is 9.92. The molecule has 0 spiro atoms. The first kappa shape index (κ1) is 18.3. The predicted octanol–water partition coefficient (Wildman–Crippen LogP) is 4.41. The van der Waals surface area contributed by atoms with E-state index in [1.807, 2.05) is 12.2 Å². The van der Waals surface area contributed by atoms with Crippen molar-refractivity contribution in [3.8, 4) is 0 Å². The Morgan fingerprint density at radius 2 is 1.78 bits per heavy atom. The number of esters is 1. The molecule has 0 heterocycles. The molecule has 0 amide bonds. The molecule has 0 aromatic rings. The summed E-state index contributed by atoms with van der Waals surface area (Å²) in [7, 11) is 0. The van der Waals surface area contributed by atoms with Gasteiger partial charge in [0.1, 0.15) is 6.10 Å². The molecule has 2 fully saturated rings. The zero-order valence-electron chi connectivity index (χ0n) is 14.5. The fraction of sp³-hybridized carbons (Fsp3) is 0.750. The van der Waals surface area contributed by atoms with Gasteiger partial charge in [-0.15, -0.1) is 0 Å². The third-order valence-electron chi connectivity index (χ3n) is 5.39. The highest BCUT2D eigenvalue weighted by Gasteiger charge is 2.24. The van der Waals surface area contributed by atoms with Gasteiger partial charge in [0, 0.05) is 13.5 Å². The van der Waals surface area contributed by atoms with Crippen LogP contribution < -0.4 is 0 Å². The quantitative estimate of drug-likeness (QED) is 0.582. The van der Waals surface area contributed by atoms with Crippen LogP contribution in [0.3, 0.4) is 0 Å². The van der Waals surface area contributed by atoms with E-state index >= 15 is 0 Å². The molecule has 23 heavy (non-hydrogen) atoms. The molecule has 2 saturated carbocycles. The summed E-state index contributed by atoms with van der Waals surface area (Å²) in [4.78, 5) is 11.4. The fourth-order valence-electron chi connectivity index (χ4n) is 4.04. The highest BCUT2D eigenvalue weighted by atomic mass is 16.5. The van der Waals surface area contributed by atoms with Crippen LogP contribution in [0, 0.1) is 17.8 Å². The van der Waals surface area contributed by atoms with Gasteiger partial charge >= 0.3 is 5.97 Å². The highest BCUT2D eigenvalue weighted by Crippen LogP contribution is 2.31. The Balaban J connectivity index is 1.90. The molecule has 0 aromatic heterocycles. The van der Waals surface area contributed by atoms with Crippen molar-refractivity contribution in [3.63, 3.8) is 0 Å². The number of hydrogen-bond donors (Lipinski definition) is 1. The van der Waals surface area contributed by atoms with E-state index in [9.17, 15) is 9.90 Å². The molecule has 0 aliphatic heterocycles. The van der Waals surface area contributed by atoms with E-state index in [4.69, 9.17) is 4.74 Å². The number of carbonyl (C=O) groups is 1. The average molecular weight is 320 g/mol. The van der Waals surface area contributed by atoms with Gasteiger partial charge in [-0.25, -0.2) is 0 Å². The first-order chi connectivity index (χ1) is 11.2. The largest absolute Gasteiger partial charge is 0.458 e. The van der Waals surface area contributed by atoms with Gasteiger partial charge in [-0.2, -0.15) is 0 Å². The van der Waals surface area contributed by atoms with E-state index in [1.165, 1.54) is 45.4 Å². The summed E-state index contributed by atoms with van der Waals surface area (Å²) in [5.41, 5.74) is 0. The number of allylic oxidation sites excluding steroid dienone is 3. The molecular weight excluding hydrogens is 288 g/mol. The average Bonchev–Trinajstić information content (AvgIpc) is 2.58. The van der Waals surface area contributed by atoms with E-state index in [0.717, 1.165) is 19.3 Å². The predicted molar refractivity (Wildman–Crippen MR) is 92.9 cm³/mol. The Hall–Kier alpha value is -1.09. The lowest BCUT2D eigenvalue weighted by molar-refractivity contribution is -0.146. The Bertz CT molecular complexity index is 407. The van der Waals surface area contributed by atoms with Crippen LogP contribution in [0.1, 0.15) is 64.7 Å².